The van der Waals surface area contributed by atoms with Gasteiger partial charge in [-0.15, -0.1) is 11.3 Å². The summed E-state index contributed by atoms with van der Waals surface area (Å²) in [7, 11) is 0. The lowest BCUT2D eigenvalue weighted by molar-refractivity contribution is 0.0978. The second kappa shape index (κ2) is 5.66. The van der Waals surface area contributed by atoms with Crippen molar-refractivity contribution in [2.75, 3.05) is 11.4 Å². The third-order valence-corrected chi connectivity index (χ3v) is 4.37. The SMILES string of the molecule is O=C(C[C@@H]1CCCN1c1ncc(F)cn1)c1cccs1. The van der Waals surface area contributed by atoms with Crippen molar-refractivity contribution in [2.24, 2.45) is 0 Å². The Morgan fingerprint density at radius 3 is 2.95 bits per heavy atom. The number of nitrogens with zero attached hydrogens (tertiary/aromatic N) is 3. The van der Waals surface area contributed by atoms with Gasteiger partial charge in [0.15, 0.2) is 11.6 Å². The van der Waals surface area contributed by atoms with Gasteiger partial charge in [0, 0.05) is 19.0 Å². The quantitative estimate of drug-likeness (QED) is 0.813. The van der Waals surface area contributed by atoms with Gasteiger partial charge < -0.3 is 4.90 Å². The molecule has 3 rings (SSSR count). The highest BCUT2D eigenvalue weighted by Crippen LogP contribution is 2.26. The second-order valence-electron chi connectivity index (χ2n) is 4.80. The molecular weight excluding hydrogens is 277 g/mol. The van der Waals surface area contributed by atoms with E-state index in [0.29, 0.717) is 12.4 Å². The Morgan fingerprint density at radius 2 is 2.25 bits per heavy atom. The molecule has 6 heteroatoms. The molecule has 1 aliphatic heterocycles. The van der Waals surface area contributed by atoms with Crippen molar-refractivity contribution in [2.45, 2.75) is 25.3 Å². The molecule has 0 aliphatic carbocycles. The number of halogens is 1. The number of carbonyl (C=O) groups excluding carboxylic acids is 1. The van der Waals surface area contributed by atoms with Crippen molar-refractivity contribution in [3.8, 4) is 0 Å². The molecule has 0 spiro atoms. The van der Waals surface area contributed by atoms with Crippen LogP contribution in [0, 0.1) is 5.82 Å². The maximum Gasteiger partial charge on any atom is 0.225 e. The highest BCUT2D eigenvalue weighted by Gasteiger charge is 2.29. The zero-order chi connectivity index (χ0) is 13.9. The fourth-order valence-electron chi connectivity index (χ4n) is 2.52. The fraction of sp³-hybridized carbons (Fsp3) is 0.357. The number of thiophene rings is 1. The molecule has 0 bridgehead atoms. The maximum absolute atomic E-state index is 12.9. The first-order valence-electron chi connectivity index (χ1n) is 6.55. The summed E-state index contributed by atoms with van der Waals surface area (Å²) in [6, 6.07) is 3.84. The molecular formula is C14H14FN3OS. The first-order chi connectivity index (χ1) is 9.74. The summed E-state index contributed by atoms with van der Waals surface area (Å²) < 4.78 is 12.9. The van der Waals surface area contributed by atoms with E-state index >= 15 is 0 Å². The summed E-state index contributed by atoms with van der Waals surface area (Å²) >= 11 is 1.46. The summed E-state index contributed by atoms with van der Waals surface area (Å²) in [6.07, 6.45) is 4.74. The zero-order valence-corrected chi connectivity index (χ0v) is 11.6. The Bertz CT molecular complexity index is 585. The third-order valence-electron chi connectivity index (χ3n) is 3.46. The Labute approximate surface area is 120 Å². The van der Waals surface area contributed by atoms with E-state index < -0.39 is 5.82 Å². The van der Waals surface area contributed by atoms with Crippen LogP contribution in [-0.4, -0.2) is 28.3 Å². The first-order valence-corrected chi connectivity index (χ1v) is 7.43. The molecule has 2 aromatic heterocycles. The van der Waals surface area contributed by atoms with Crippen molar-refractivity contribution < 1.29 is 9.18 Å². The number of rotatable bonds is 4. The Morgan fingerprint density at radius 1 is 1.45 bits per heavy atom. The second-order valence-corrected chi connectivity index (χ2v) is 5.74. The van der Waals surface area contributed by atoms with Crippen LogP contribution < -0.4 is 4.90 Å². The molecule has 1 atom stereocenters. The highest BCUT2D eigenvalue weighted by atomic mass is 32.1. The number of aromatic nitrogens is 2. The largest absolute Gasteiger partial charge is 0.337 e. The number of Topliss-reactive ketones (excluding diaryl/α,β-unsaturated/α-hetero) is 1. The summed E-state index contributed by atoms with van der Waals surface area (Å²) in [5.74, 6) is 0.214. The van der Waals surface area contributed by atoms with Crippen LogP contribution in [0.3, 0.4) is 0 Å². The topological polar surface area (TPSA) is 46.1 Å². The number of carbonyl (C=O) groups is 1. The number of hydrogen-bond donors (Lipinski definition) is 0. The molecule has 3 heterocycles. The van der Waals surface area contributed by atoms with Crippen molar-refractivity contribution in [1.29, 1.82) is 0 Å². The van der Waals surface area contributed by atoms with Gasteiger partial charge in [-0.25, -0.2) is 14.4 Å². The van der Waals surface area contributed by atoms with E-state index in [2.05, 4.69) is 9.97 Å². The molecule has 20 heavy (non-hydrogen) atoms. The zero-order valence-electron chi connectivity index (χ0n) is 10.8. The predicted octanol–water partition coefficient (Wildman–Crippen LogP) is 2.92. The standard InChI is InChI=1S/C14H14FN3OS/c15-10-8-16-14(17-9-10)18-5-1-3-11(18)7-12(19)13-4-2-6-20-13/h2,4,6,8-9,11H,1,3,5,7H2/t11-/m0/s1. The van der Waals surface area contributed by atoms with Crippen LogP contribution in [0.4, 0.5) is 10.3 Å². The molecule has 0 N–H and O–H groups in total. The normalized spacial score (nSPS) is 18.4. The fourth-order valence-corrected chi connectivity index (χ4v) is 3.19. The van der Waals surface area contributed by atoms with Crippen molar-refractivity contribution in [1.82, 2.24) is 9.97 Å². The van der Waals surface area contributed by atoms with E-state index in [0.717, 1.165) is 24.3 Å². The molecule has 4 nitrogen and oxygen atoms in total. The van der Waals surface area contributed by atoms with Crippen LogP contribution in [0.15, 0.2) is 29.9 Å². The molecule has 0 aromatic carbocycles. The molecule has 104 valence electrons. The Kier molecular flexibility index (Phi) is 3.73. The smallest absolute Gasteiger partial charge is 0.225 e. The Balaban J connectivity index is 1.72. The average Bonchev–Trinajstić information content (AvgIpc) is 3.10. The van der Waals surface area contributed by atoms with Gasteiger partial charge in [0.2, 0.25) is 5.95 Å². The van der Waals surface area contributed by atoms with Crippen molar-refractivity contribution >= 4 is 23.1 Å². The number of anilines is 1. The minimum atomic E-state index is -0.445. The monoisotopic (exact) mass is 291 g/mol. The molecule has 0 amide bonds. The van der Waals surface area contributed by atoms with E-state index in [-0.39, 0.29) is 11.8 Å². The van der Waals surface area contributed by atoms with Crippen LogP contribution in [0.2, 0.25) is 0 Å². The summed E-state index contributed by atoms with van der Waals surface area (Å²) in [6.45, 7) is 0.814. The maximum atomic E-state index is 12.9. The van der Waals surface area contributed by atoms with Crippen LogP contribution >= 0.6 is 11.3 Å². The number of ketones is 1. The van der Waals surface area contributed by atoms with Crippen molar-refractivity contribution in [3.63, 3.8) is 0 Å². The van der Waals surface area contributed by atoms with E-state index in [1.165, 1.54) is 23.7 Å². The molecule has 2 aromatic rings. The van der Waals surface area contributed by atoms with Gasteiger partial charge in [0.1, 0.15) is 0 Å². The van der Waals surface area contributed by atoms with E-state index in [1.807, 2.05) is 22.4 Å². The van der Waals surface area contributed by atoms with Crippen LogP contribution in [-0.2, 0) is 0 Å². The first kappa shape index (κ1) is 13.2. The van der Waals surface area contributed by atoms with Crippen molar-refractivity contribution in [3.05, 3.63) is 40.6 Å². The lowest BCUT2D eigenvalue weighted by Gasteiger charge is -2.23. The van der Waals surface area contributed by atoms with E-state index in [4.69, 9.17) is 0 Å². The molecule has 1 fully saturated rings. The molecule has 0 saturated carbocycles. The average molecular weight is 291 g/mol. The minimum Gasteiger partial charge on any atom is -0.337 e. The van der Waals surface area contributed by atoms with Gasteiger partial charge in [-0.3, -0.25) is 4.79 Å². The molecule has 0 unspecified atom stereocenters. The summed E-state index contributed by atoms with van der Waals surface area (Å²) in [5, 5.41) is 1.91. The summed E-state index contributed by atoms with van der Waals surface area (Å²) in [5.41, 5.74) is 0. The highest BCUT2D eigenvalue weighted by molar-refractivity contribution is 7.12. The predicted molar refractivity (Wildman–Crippen MR) is 75.6 cm³/mol. The van der Waals surface area contributed by atoms with Gasteiger partial charge in [0.25, 0.3) is 0 Å². The summed E-state index contributed by atoms with van der Waals surface area (Å²) in [4.78, 5) is 23.0. The van der Waals surface area contributed by atoms with Crippen LogP contribution in [0.5, 0.6) is 0 Å². The van der Waals surface area contributed by atoms with Gasteiger partial charge in [-0.05, 0) is 24.3 Å². The van der Waals surface area contributed by atoms with Crippen LogP contribution in [0.25, 0.3) is 0 Å². The van der Waals surface area contributed by atoms with Gasteiger partial charge in [0.05, 0.1) is 17.3 Å². The third kappa shape index (κ3) is 2.70. The lowest BCUT2D eigenvalue weighted by atomic mass is 10.1. The van der Waals surface area contributed by atoms with E-state index in [9.17, 15) is 9.18 Å². The minimum absolute atomic E-state index is 0.107. The van der Waals surface area contributed by atoms with Gasteiger partial charge >= 0.3 is 0 Å². The van der Waals surface area contributed by atoms with Crippen LogP contribution in [0.1, 0.15) is 28.9 Å². The molecule has 1 saturated heterocycles. The lowest BCUT2D eigenvalue weighted by Crippen LogP contribution is -2.32. The Hall–Kier alpha value is -1.82. The van der Waals surface area contributed by atoms with Gasteiger partial charge in [-0.2, -0.15) is 0 Å². The van der Waals surface area contributed by atoms with Gasteiger partial charge in [-0.1, -0.05) is 6.07 Å². The number of hydrogen-bond acceptors (Lipinski definition) is 5. The molecule has 1 aliphatic rings. The van der Waals surface area contributed by atoms with E-state index in [1.54, 1.807) is 0 Å². The molecule has 0 radical (unpaired) electrons.